The Morgan fingerprint density at radius 3 is 2.62 bits per heavy atom. The van der Waals surface area contributed by atoms with Crippen molar-refractivity contribution in [2.45, 2.75) is 18.9 Å². The van der Waals surface area contributed by atoms with Gasteiger partial charge in [-0.05, 0) is 6.92 Å². The monoisotopic (exact) mass is 180 g/mol. The third-order valence-corrected chi connectivity index (χ3v) is 1.32. The van der Waals surface area contributed by atoms with E-state index in [1.54, 1.807) is 13.0 Å². The second-order valence-corrected chi connectivity index (χ2v) is 2.14. The second-order valence-electron chi connectivity index (χ2n) is 2.14. The van der Waals surface area contributed by atoms with Crippen LogP contribution in [0.1, 0.15) is 13.3 Å². The molecular weight excluding hydrogens is 172 g/mol. The maximum atomic E-state index is 11.1. The third-order valence-electron chi connectivity index (χ3n) is 1.32. The molecule has 0 aromatic heterocycles. The van der Waals surface area contributed by atoms with Crippen LogP contribution < -0.4 is 0 Å². The molecule has 0 aliphatic heterocycles. The van der Waals surface area contributed by atoms with Crippen molar-refractivity contribution in [1.29, 1.82) is 16.1 Å². The first kappa shape index (κ1) is 11.1. The number of esters is 1. The number of nitrogens with one attached hydrogen (secondary N) is 1. The molecule has 0 aromatic rings. The molecule has 0 saturated heterocycles. The number of rotatable bonds is 4. The van der Waals surface area contributed by atoms with Gasteiger partial charge in [-0.15, -0.1) is 0 Å². The summed E-state index contributed by atoms with van der Waals surface area (Å²) in [5, 5.41) is 19.8. The lowest BCUT2D eigenvalue weighted by molar-refractivity contribution is -0.147. The number of ether oxygens (including phenoxy) is 1. The SMILES string of the molecule is CCOC(=O)C(C#N)(CC#N)N=N. The number of nitriles is 2. The minimum absolute atomic E-state index is 0.0865. The molecule has 1 N–H and O–H groups in total. The van der Waals surface area contributed by atoms with E-state index in [1.807, 2.05) is 0 Å². The number of hydrogen-bond acceptors (Lipinski definition) is 6. The third kappa shape index (κ3) is 2.24. The van der Waals surface area contributed by atoms with Gasteiger partial charge in [0.25, 0.3) is 5.54 Å². The minimum Gasteiger partial charge on any atom is -0.463 e. The summed E-state index contributed by atoms with van der Waals surface area (Å²) < 4.78 is 4.52. The summed E-state index contributed by atoms with van der Waals surface area (Å²) in [6, 6.07) is 3.11. The van der Waals surface area contributed by atoms with E-state index in [1.165, 1.54) is 6.07 Å². The van der Waals surface area contributed by atoms with Crippen molar-refractivity contribution in [2.24, 2.45) is 5.11 Å². The maximum Gasteiger partial charge on any atom is 0.351 e. The van der Waals surface area contributed by atoms with Gasteiger partial charge in [0.1, 0.15) is 6.07 Å². The lowest BCUT2D eigenvalue weighted by atomic mass is 10.00. The summed E-state index contributed by atoms with van der Waals surface area (Å²) in [5.41, 5.74) is 4.69. The molecular formula is C7H8N4O2. The predicted octanol–water partition coefficient (Wildman–Crippen LogP) is 0.757. The van der Waals surface area contributed by atoms with Crippen LogP contribution in [0.5, 0.6) is 0 Å². The fraction of sp³-hybridized carbons (Fsp3) is 0.571. The standard InChI is InChI=1S/C7H8N4O2/c1-2-13-6(12)7(5-9,11-10)3-4-8/h10H,2-3H2,1H3. The van der Waals surface area contributed by atoms with Crippen LogP contribution in [0.2, 0.25) is 0 Å². The van der Waals surface area contributed by atoms with Gasteiger partial charge in [0.05, 0.1) is 19.1 Å². The number of carbonyl (C=O) groups excluding carboxylic acids is 1. The smallest absolute Gasteiger partial charge is 0.351 e. The van der Waals surface area contributed by atoms with E-state index >= 15 is 0 Å². The van der Waals surface area contributed by atoms with Crippen LogP contribution >= 0.6 is 0 Å². The molecule has 0 amide bonds. The molecule has 0 aliphatic rings. The maximum absolute atomic E-state index is 11.1. The molecule has 0 spiro atoms. The lowest BCUT2D eigenvalue weighted by Crippen LogP contribution is -2.36. The summed E-state index contributed by atoms with van der Waals surface area (Å²) in [7, 11) is 0. The van der Waals surface area contributed by atoms with Crippen LogP contribution in [-0.2, 0) is 9.53 Å². The van der Waals surface area contributed by atoms with Crippen molar-refractivity contribution in [2.75, 3.05) is 6.61 Å². The molecule has 0 rings (SSSR count). The van der Waals surface area contributed by atoms with E-state index in [-0.39, 0.29) is 6.61 Å². The van der Waals surface area contributed by atoms with Crippen LogP contribution in [0.25, 0.3) is 0 Å². The molecule has 0 saturated carbocycles. The molecule has 1 unspecified atom stereocenters. The first-order valence-electron chi connectivity index (χ1n) is 3.51. The van der Waals surface area contributed by atoms with Crippen molar-refractivity contribution >= 4 is 5.97 Å². The van der Waals surface area contributed by atoms with Crippen molar-refractivity contribution < 1.29 is 9.53 Å². The van der Waals surface area contributed by atoms with Gasteiger partial charge in [0, 0.05) is 0 Å². The molecule has 0 aromatic carbocycles. The summed E-state index contributed by atoms with van der Waals surface area (Å²) in [6.07, 6.45) is -0.466. The van der Waals surface area contributed by atoms with Crippen LogP contribution in [0, 0.1) is 28.2 Å². The fourth-order valence-corrected chi connectivity index (χ4v) is 0.632. The fourth-order valence-electron chi connectivity index (χ4n) is 0.632. The topological polar surface area (TPSA) is 110 Å². The van der Waals surface area contributed by atoms with Gasteiger partial charge in [0.15, 0.2) is 0 Å². The summed E-state index contributed by atoms with van der Waals surface area (Å²) >= 11 is 0. The van der Waals surface area contributed by atoms with Gasteiger partial charge >= 0.3 is 5.97 Å². The Labute approximate surface area is 75.2 Å². The van der Waals surface area contributed by atoms with Crippen LogP contribution in [0.3, 0.4) is 0 Å². The van der Waals surface area contributed by atoms with Crippen molar-refractivity contribution in [1.82, 2.24) is 0 Å². The van der Waals surface area contributed by atoms with E-state index in [0.29, 0.717) is 0 Å². The Hall–Kier alpha value is -1.95. The first-order chi connectivity index (χ1) is 6.16. The molecule has 6 nitrogen and oxygen atoms in total. The lowest BCUT2D eigenvalue weighted by Gasteiger charge is -2.13. The van der Waals surface area contributed by atoms with E-state index < -0.39 is 17.9 Å². The second kappa shape index (κ2) is 4.83. The van der Waals surface area contributed by atoms with Gasteiger partial charge in [0.2, 0.25) is 0 Å². The van der Waals surface area contributed by atoms with E-state index in [2.05, 4.69) is 9.85 Å². The van der Waals surface area contributed by atoms with Crippen molar-refractivity contribution in [3.05, 3.63) is 0 Å². The van der Waals surface area contributed by atoms with Gasteiger partial charge in [-0.3, -0.25) is 0 Å². The number of hydrogen-bond donors (Lipinski definition) is 1. The highest BCUT2D eigenvalue weighted by molar-refractivity contribution is 5.84. The van der Waals surface area contributed by atoms with Crippen LogP contribution in [-0.4, -0.2) is 18.1 Å². The molecule has 0 fully saturated rings. The quantitative estimate of drug-likeness (QED) is 0.508. The number of nitrogens with zero attached hydrogens (tertiary/aromatic N) is 3. The van der Waals surface area contributed by atoms with Crippen LogP contribution in [0.15, 0.2) is 5.11 Å². The zero-order valence-corrected chi connectivity index (χ0v) is 7.07. The molecule has 6 heteroatoms. The Morgan fingerprint density at radius 1 is 1.69 bits per heavy atom. The summed E-state index contributed by atoms with van der Waals surface area (Å²) in [4.78, 5) is 11.1. The van der Waals surface area contributed by atoms with E-state index in [4.69, 9.17) is 16.1 Å². The Morgan fingerprint density at radius 2 is 2.31 bits per heavy atom. The Bertz CT molecular complexity index is 288. The molecule has 13 heavy (non-hydrogen) atoms. The average Bonchev–Trinajstić information content (AvgIpc) is 2.14. The molecule has 68 valence electrons. The van der Waals surface area contributed by atoms with Gasteiger partial charge in [-0.1, -0.05) is 0 Å². The largest absolute Gasteiger partial charge is 0.463 e. The Balaban J connectivity index is 4.80. The van der Waals surface area contributed by atoms with E-state index in [9.17, 15) is 4.79 Å². The van der Waals surface area contributed by atoms with Crippen molar-refractivity contribution in [3.8, 4) is 12.1 Å². The predicted molar refractivity (Wildman–Crippen MR) is 40.4 cm³/mol. The Kier molecular flexibility index (Phi) is 4.11. The highest BCUT2D eigenvalue weighted by atomic mass is 16.5. The average molecular weight is 180 g/mol. The minimum atomic E-state index is -1.98. The molecule has 1 atom stereocenters. The molecule has 0 aliphatic carbocycles. The van der Waals surface area contributed by atoms with Crippen molar-refractivity contribution in [3.63, 3.8) is 0 Å². The summed E-state index contributed by atoms with van der Waals surface area (Å²) in [6.45, 7) is 1.65. The molecule has 0 radical (unpaired) electrons. The molecule has 0 heterocycles. The van der Waals surface area contributed by atoms with Crippen LogP contribution in [0.4, 0.5) is 0 Å². The zero-order chi connectivity index (χ0) is 10.3. The van der Waals surface area contributed by atoms with Gasteiger partial charge < -0.3 is 4.74 Å². The first-order valence-corrected chi connectivity index (χ1v) is 3.51. The molecule has 0 bridgehead atoms. The van der Waals surface area contributed by atoms with Gasteiger partial charge in [-0.2, -0.15) is 15.6 Å². The number of carbonyl (C=O) groups is 1. The summed E-state index contributed by atoms with van der Waals surface area (Å²) in [5.74, 6) is -0.950. The normalized spacial score (nSPS) is 13.2. The van der Waals surface area contributed by atoms with E-state index in [0.717, 1.165) is 0 Å². The van der Waals surface area contributed by atoms with Gasteiger partial charge in [-0.25, -0.2) is 10.3 Å². The highest BCUT2D eigenvalue weighted by Crippen LogP contribution is 2.16. The zero-order valence-electron chi connectivity index (χ0n) is 7.07. The highest BCUT2D eigenvalue weighted by Gasteiger charge is 2.40.